The molecule has 1 unspecified atom stereocenters. The topological polar surface area (TPSA) is 96.0 Å². The molecule has 0 heterocycles. The van der Waals surface area contributed by atoms with Crippen molar-refractivity contribution >= 4 is 27.5 Å². The molecule has 1 atom stereocenters. The van der Waals surface area contributed by atoms with Crippen molar-refractivity contribution in [3.05, 3.63) is 59.7 Å². The molecule has 0 fully saturated rings. The fraction of sp³-hybridized carbons (Fsp3) is 0.364. The van der Waals surface area contributed by atoms with E-state index in [2.05, 4.69) is 5.32 Å². The van der Waals surface area contributed by atoms with Gasteiger partial charge in [-0.1, -0.05) is 29.8 Å². The Morgan fingerprint density at radius 2 is 1.77 bits per heavy atom. The fourth-order valence-electron chi connectivity index (χ4n) is 3.08. The van der Waals surface area contributed by atoms with E-state index in [9.17, 15) is 18.0 Å². The molecule has 0 aliphatic heterocycles. The molecule has 0 bridgehead atoms. The highest BCUT2D eigenvalue weighted by Crippen LogP contribution is 2.20. The maximum Gasteiger partial charge on any atom is 0.244 e. The molecule has 8 nitrogen and oxygen atoms in total. The zero-order valence-electron chi connectivity index (χ0n) is 18.5. The Morgan fingerprint density at radius 3 is 2.32 bits per heavy atom. The lowest BCUT2D eigenvalue weighted by Gasteiger charge is -2.31. The minimum absolute atomic E-state index is 0.121. The van der Waals surface area contributed by atoms with Gasteiger partial charge in [-0.15, -0.1) is 0 Å². The molecule has 168 valence electrons. The molecule has 0 aliphatic carbocycles. The highest BCUT2D eigenvalue weighted by molar-refractivity contribution is 7.92. The second-order valence-electron chi connectivity index (χ2n) is 7.27. The number of aryl methyl sites for hydroxylation is 1. The Labute approximate surface area is 183 Å². The standard InChI is InChI=1S/C22H29N3O5S/c1-16-9-11-19(12-10-16)25(31(5,28)29)15-21(26)24(17(2)22(27)23-3)14-18-7-6-8-20(13-18)30-4/h6-13,17H,14-15H2,1-5H3,(H,23,27). The van der Waals surface area contributed by atoms with E-state index >= 15 is 0 Å². The summed E-state index contributed by atoms with van der Waals surface area (Å²) in [7, 11) is -0.699. The highest BCUT2D eigenvalue weighted by atomic mass is 32.2. The summed E-state index contributed by atoms with van der Waals surface area (Å²) in [6.07, 6.45) is 1.05. The summed E-state index contributed by atoms with van der Waals surface area (Å²) in [6.45, 7) is 3.19. The molecule has 2 rings (SSSR count). The SMILES string of the molecule is CNC(=O)C(C)N(Cc1cccc(OC)c1)C(=O)CN(c1ccc(C)cc1)S(C)(=O)=O. The molecule has 1 N–H and O–H groups in total. The average Bonchev–Trinajstić information content (AvgIpc) is 2.74. The van der Waals surface area contributed by atoms with Crippen LogP contribution in [0.2, 0.25) is 0 Å². The van der Waals surface area contributed by atoms with Crippen LogP contribution in [0.15, 0.2) is 48.5 Å². The van der Waals surface area contributed by atoms with Gasteiger partial charge in [0.15, 0.2) is 0 Å². The third kappa shape index (κ3) is 6.45. The first-order valence-electron chi connectivity index (χ1n) is 9.75. The smallest absolute Gasteiger partial charge is 0.244 e. The summed E-state index contributed by atoms with van der Waals surface area (Å²) in [5.41, 5.74) is 2.11. The van der Waals surface area contributed by atoms with E-state index in [1.165, 1.54) is 11.9 Å². The summed E-state index contributed by atoms with van der Waals surface area (Å²) < 4.78 is 31.1. The van der Waals surface area contributed by atoms with Crippen LogP contribution in [0.4, 0.5) is 5.69 Å². The molecule has 0 saturated carbocycles. The molecule has 0 aromatic heterocycles. The van der Waals surface area contributed by atoms with Gasteiger partial charge in [0.05, 0.1) is 19.1 Å². The second-order valence-corrected chi connectivity index (χ2v) is 9.18. The quantitative estimate of drug-likeness (QED) is 0.634. The van der Waals surface area contributed by atoms with Crippen molar-refractivity contribution in [2.45, 2.75) is 26.4 Å². The lowest BCUT2D eigenvalue weighted by molar-refractivity contribution is -0.139. The van der Waals surface area contributed by atoms with Gasteiger partial charge < -0.3 is 15.0 Å². The van der Waals surface area contributed by atoms with E-state index in [0.29, 0.717) is 11.4 Å². The first-order chi connectivity index (χ1) is 14.6. The van der Waals surface area contributed by atoms with Gasteiger partial charge in [0, 0.05) is 13.6 Å². The van der Waals surface area contributed by atoms with Crippen LogP contribution in [0.5, 0.6) is 5.75 Å². The fourth-order valence-corrected chi connectivity index (χ4v) is 3.93. The van der Waals surface area contributed by atoms with Gasteiger partial charge >= 0.3 is 0 Å². The summed E-state index contributed by atoms with van der Waals surface area (Å²) in [5, 5.41) is 2.54. The number of hydrogen-bond donors (Lipinski definition) is 1. The van der Waals surface area contributed by atoms with Crippen LogP contribution in [0.3, 0.4) is 0 Å². The molecular formula is C22H29N3O5S. The minimum Gasteiger partial charge on any atom is -0.497 e. The van der Waals surface area contributed by atoms with Crippen molar-refractivity contribution in [3.63, 3.8) is 0 Å². The van der Waals surface area contributed by atoms with Crippen molar-refractivity contribution in [2.24, 2.45) is 0 Å². The van der Waals surface area contributed by atoms with Crippen molar-refractivity contribution in [3.8, 4) is 5.75 Å². The number of amides is 2. The molecule has 9 heteroatoms. The average molecular weight is 448 g/mol. The van der Waals surface area contributed by atoms with E-state index in [1.54, 1.807) is 56.5 Å². The van der Waals surface area contributed by atoms with Crippen molar-refractivity contribution in [2.75, 3.05) is 31.3 Å². The predicted octanol–water partition coefficient (Wildman–Crippen LogP) is 1.93. The molecular weight excluding hydrogens is 418 g/mol. The van der Waals surface area contributed by atoms with Gasteiger partial charge in [-0.2, -0.15) is 0 Å². The van der Waals surface area contributed by atoms with Crippen LogP contribution >= 0.6 is 0 Å². The Kier molecular flexibility index (Phi) is 8.04. The van der Waals surface area contributed by atoms with E-state index in [4.69, 9.17) is 4.74 Å². The van der Waals surface area contributed by atoms with Gasteiger partial charge in [0.25, 0.3) is 0 Å². The number of carbonyl (C=O) groups excluding carboxylic acids is 2. The van der Waals surface area contributed by atoms with E-state index in [0.717, 1.165) is 21.7 Å². The predicted molar refractivity (Wildman–Crippen MR) is 120 cm³/mol. The Morgan fingerprint density at radius 1 is 1.13 bits per heavy atom. The van der Waals surface area contributed by atoms with Gasteiger partial charge in [-0.3, -0.25) is 13.9 Å². The van der Waals surface area contributed by atoms with E-state index in [-0.39, 0.29) is 12.5 Å². The Hall–Kier alpha value is -3.07. The Balaban J connectivity index is 2.37. The molecule has 0 saturated heterocycles. The number of likely N-dealkylation sites (N-methyl/N-ethyl adjacent to an activating group) is 1. The molecule has 0 spiro atoms. The third-order valence-electron chi connectivity index (χ3n) is 4.90. The number of nitrogens with one attached hydrogen (secondary N) is 1. The van der Waals surface area contributed by atoms with Gasteiger partial charge in [-0.05, 0) is 43.7 Å². The molecule has 0 aliphatic rings. The summed E-state index contributed by atoms with van der Waals surface area (Å²) in [6, 6.07) is 13.2. The maximum absolute atomic E-state index is 13.3. The van der Waals surface area contributed by atoms with Crippen LogP contribution in [-0.2, 0) is 26.2 Å². The number of nitrogens with zero attached hydrogens (tertiary/aromatic N) is 2. The molecule has 0 radical (unpaired) electrons. The van der Waals surface area contributed by atoms with Crippen LogP contribution in [0.25, 0.3) is 0 Å². The number of ether oxygens (including phenoxy) is 1. The minimum atomic E-state index is -3.73. The molecule has 2 aromatic rings. The van der Waals surface area contributed by atoms with Crippen LogP contribution in [0, 0.1) is 6.92 Å². The highest BCUT2D eigenvalue weighted by Gasteiger charge is 2.29. The number of anilines is 1. The largest absolute Gasteiger partial charge is 0.497 e. The van der Waals surface area contributed by atoms with Crippen LogP contribution in [-0.4, -0.2) is 58.1 Å². The van der Waals surface area contributed by atoms with Crippen molar-refractivity contribution in [1.82, 2.24) is 10.2 Å². The third-order valence-corrected chi connectivity index (χ3v) is 6.04. The molecule has 31 heavy (non-hydrogen) atoms. The first kappa shape index (κ1) is 24.2. The van der Waals surface area contributed by atoms with Crippen LogP contribution < -0.4 is 14.4 Å². The normalized spacial score (nSPS) is 12.0. The lowest BCUT2D eigenvalue weighted by atomic mass is 10.1. The monoisotopic (exact) mass is 447 g/mol. The Bertz CT molecular complexity index is 1020. The second kappa shape index (κ2) is 10.3. The summed E-state index contributed by atoms with van der Waals surface area (Å²) >= 11 is 0. The maximum atomic E-state index is 13.3. The molecule has 2 amide bonds. The van der Waals surface area contributed by atoms with E-state index < -0.39 is 28.5 Å². The number of hydrogen-bond acceptors (Lipinski definition) is 5. The van der Waals surface area contributed by atoms with Gasteiger partial charge in [-0.25, -0.2) is 8.42 Å². The number of sulfonamides is 1. The van der Waals surface area contributed by atoms with Gasteiger partial charge in [0.1, 0.15) is 18.3 Å². The number of carbonyl (C=O) groups is 2. The zero-order chi connectivity index (χ0) is 23.2. The molecule has 2 aromatic carbocycles. The summed E-state index contributed by atoms with van der Waals surface area (Å²) in [5.74, 6) is -0.225. The number of methoxy groups -OCH3 is 1. The zero-order valence-corrected chi connectivity index (χ0v) is 19.3. The van der Waals surface area contributed by atoms with Crippen molar-refractivity contribution in [1.29, 1.82) is 0 Å². The van der Waals surface area contributed by atoms with E-state index in [1.807, 2.05) is 13.0 Å². The van der Waals surface area contributed by atoms with Crippen molar-refractivity contribution < 1.29 is 22.7 Å². The summed E-state index contributed by atoms with van der Waals surface area (Å²) in [4.78, 5) is 26.9. The lowest BCUT2D eigenvalue weighted by Crippen LogP contribution is -2.50. The number of benzene rings is 2. The number of rotatable bonds is 9. The van der Waals surface area contributed by atoms with Gasteiger partial charge in [0.2, 0.25) is 21.8 Å². The first-order valence-corrected chi connectivity index (χ1v) is 11.6. The van der Waals surface area contributed by atoms with Crippen LogP contribution in [0.1, 0.15) is 18.1 Å².